The Balaban J connectivity index is 1.47. The Bertz CT molecular complexity index is 1530. The van der Waals surface area contributed by atoms with Gasteiger partial charge in [0.25, 0.3) is 0 Å². The van der Waals surface area contributed by atoms with Crippen LogP contribution in [0.15, 0.2) is 158 Å². The fourth-order valence-electron chi connectivity index (χ4n) is 5.24. The summed E-state index contributed by atoms with van der Waals surface area (Å²) in [4.78, 5) is 27.3. The Morgan fingerprint density at radius 3 is 1.20 bits per heavy atom. The number of benzene rings is 4. The molecular weight excluding hydrogens is 588 g/mol. The first-order valence-corrected chi connectivity index (χ1v) is 18.5. The third-order valence-electron chi connectivity index (χ3n) is 7.30. The van der Waals surface area contributed by atoms with Crippen molar-refractivity contribution in [2.24, 2.45) is 0 Å². The van der Waals surface area contributed by atoms with Crippen molar-refractivity contribution in [2.75, 3.05) is 0 Å². The van der Waals surface area contributed by atoms with Crippen molar-refractivity contribution in [1.82, 2.24) is 0 Å². The van der Waals surface area contributed by atoms with E-state index in [-0.39, 0.29) is 18.8 Å². The van der Waals surface area contributed by atoms with Gasteiger partial charge < -0.3 is 0 Å². The van der Waals surface area contributed by atoms with Crippen molar-refractivity contribution in [1.29, 1.82) is 0 Å². The molecule has 0 fully saturated rings. The molecule has 4 nitrogen and oxygen atoms in total. The van der Waals surface area contributed by atoms with Crippen LogP contribution in [0.3, 0.4) is 0 Å². The molecule has 41 heavy (non-hydrogen) atoms. The van der Waals surface area contributed by atoms with Crippen molar-refractivity contribution in [3.63, 3.8) is 0 Å². The van der Waals surface area contributed by atoms with Gasteiger partial charge in [0.05, 0.1) is 0 Å². The Morgan fingerprint density at radius 1 is 0.463 bits per heavy atom. The van der Waals surface area contributed by atoms with Gasteiger partial charge in [0, 0.05) is 0 Å². The van der Waals surface area contributed by atoms with E-state index in [9.17, 15) is 9.59 Å². The van der Waals surface area contributed by atoms with Gasteiger partial charge in [0.15, 0.2) is 0 Å². The molecular formula is C36H28O4Zr. The number of carbonyl (C=O) groups is 2. The quantitative estimate of drug-likeness (QED) is 0.168. The van der Waals surface area contributed by atoms with Crippen LogP contribution in [0.2, 0.25) is 7.25 Å². The summed E-state index contributed by atoms with van der Waals surface area (Å²) in [6, 6.07) is 33.2. The second-order valence-electron chi connectivity index (χ2n) is 9.90. The molecule has 0 aliphatic heterocycles. The topological polar surface area (TPSA) is 52.6 Å². The van der Waals surface area contributed by atoms with Crippen molar-refractivity contribution in [3.8, 4) is 11.5 Å². The fraction of sp³-hybridized carbons (Fsp3) is 0.0556. The molecule has 4 aromatic rings. The number of carbonyl (C=O) groups excluding carboxylic acids is 2. The summed E-state index contributed by atoms with van der Waals surface area (Å²) in [7, 11) is 0. The molecule has 2 aliphatic rings. The molecule has 0 atom stereocenters. The summed E-state index contributed by atoms with van der Waals surface area (Å²) in [5.74, 6) is 0.755. The first-order valence-electron chi connectivity index (χ1n) is 13.6. The summed E-state index contributed by atoms with van der Waals surface area (Å²) in [5.41, 5.74) is 2.14. The van der Waals surface area contributed by atoms with Crippen molar-refractivity contribution in [2.45, 2.75) is 7.25 Å². The van der Waals surface area contributed by atoms with Crippen LogP contribution in [0, 0.1) is 0 Å². The second kappa shape index (κ2) is 12.0. The van der Waals surface area contributed by atoms with E-state index in [2.05, 4.69) is 24.3 Å². The van der Waals surface area contributed by atoms with E-state index in [1.54, 1.807) is 12.1 Å². The van der Waals surface area contributed by atoms with Crippen LogP contribution in [0.5, 0.6) is 11.5 Å². The maximum atomic E-state index is 13.7. The van der Waals surface area contributed by atoms with Crippen LogP contribution in [0.4, 0.5) is 0 Å². The molecule has 0 saturated carbocycles. The standard InChI is InChI=1S/2C13H10O2.2C5H5.Zr/c2*14-12-9-5-4-8-11(12)13(15)10-6-2-1-3-7-10;2*1-2-4-5-3-1;/h2*1-9,14H;2*1-5H;/q;;;;+2/p-2. The first kappa shape index (κ1) is 26.9. The first-order chi connectivity index (χ1) is 20.2. The summed E-state index contributed by atoms with van der Waals surface area (Å²) in [5, 5.41) is 0. The number of rotatable bonds is 10. The van der Waals surface area contributed by atoms with Crippen molar-refractivity contribution in [3.05, 3.63) is 180 Å². The molecule has 0 heterocycles. The SMILES string of the molecule is O=C(c1ccccc1)c1ccccc1[O][Zr]([O]c1ccccc1C(=O)c1ccccc1)([CH]1C=CC=C1)[CH]1C=CC=C1. The van der Waals surface area contributed by atoms with Crippen LogP contribution >= 0.6 is 0 Å². The molecule has 0 radical (unpaired) electrons. The van der Waals surface area contributed by atoms with Gasteiger partial charge in [-0.2, -0.15) is 0 Å². The normalized spacial score (nSPS) is 14.4. The molecule has 0 bridgehead atoms. The summed E-state index contributed by atoms with van der Waals surface area (Å²) < 4.78 is 14.1. The molecule has 200 valence electrons. The molecule has 4 aromatic carbocycles. The number of ketones is 2. The van der Waals surface area contributed by atoms with Gasteiger partial charge in [0.1, 0.15) is 0 Å². The molecule has 6 rings (SSSR count). The van der Waals surface area contributed by atoms with Gasteiger partial charge in [-0.05, 0) is 0 Å². The molecule has 0 spiro atoms. The minimum absolute atomic E-state index is 0.110. The van der Waals surface area contributed by atoms with Gasteiger partial charge in [-0.15, -0.1) is 0 Å². The van der Waals surface area contributed by atoms with Crippen molar-refractivity contribution >= 4 is 11.6 Å². The Kier molecular flexibility index (Phi) is 7.89. The van der Waals surface area contributed by atoms with Gasteiger partial charge in [-0.1, -0.05) is 0 Å². The van der Waals surface area contributed by atoms with Crippen LogP contribution in [-0.4, -0.2) is 11.6 Å². The van der Waals surface area contributed by atoms with Crippen LogP contribution < -0.4 is 5.63 Å². The molecule has 0 unspecified atom stereocenters. The summed E-state index contributed by atoms with van der Waals surface area (Å²) in [6.07, 6.45) is 16.5. The second-order valence-corrected chi connectivity index (χ2v) is 17.7. The molecule has 2 aliphatic carbocycles. The fourth-order valence-corrected chi connectivity index (χ4v) is 14.1. The molecule has 0 saturated heterocycles. The van der Waals surface area contributed by atoms with Gasteiger partial charge in [-0.3, -0.25) is 0 Å². The van der Waals surface area contributed by atoms with Gasteiger partial charge in [0.2, 0.25) is 0 Å². The number of allylic oxidation sites excluding steroid dienone is 8. The summed E-state index contributed by atoms with van der Waals surface area (Å²) in [6.45, 7) is 0. The zero-order valence-corrected chi connectivity index (χ0v) is 24.8. The average molecular weight is 616 g/mol. The third kappa shape index (κ3) is 5.51. The molecule has 0 aromatic heterocycles. The molecule has 0 amide bonds. The minimum atomic E-state index is -4.48. The van der Waals surface area contributed by atoms with E-state index >= 15 is 0 Å². The van der Waals surface area contributed by atoms with Crippen LogP contribution in [-0.2, 0) is 21.1 Å². The predicted molar refractivity (Wildman–Crippen MR) is 158 cm³/mol. The molecule has 0 N–H and O–H groups in total. The Labute approximate surface area is 245 Å². The maximum absolute atomic E-state index is 13.7. The number of hydrogen-bond donors (Lipinski definition) is 0. The third-order valence-corrected chi connectivity index (χ3v) is 16.4. The number of hydrogen-bond acceptors (Lipinski definition) is 4. The van der Waals surface area contributed by atoms with E-state index in [0.29, 0.717) is 33.8 Å². The zero-order valence-electron chi connectivity index (χ0n) is 22.3. The van der Waals surface area contributed by atoms with E-state index < -0.39 is 21.1 Å². The average Bonchev–Trinajstić information content (AvgIpc) is 3.78. The monoisotopic (exact) mass is 614 g/mol. The van der Waals surface area contributed by atoms with Crippen LogP contribution in [0.1, 0.15) is 31.8 Å². The van der Waals surface area contributed by atoms with E-state index in [1.807, 2.05) is 121 Å². The zero-order chi connectivity index (χ0) is 28.1. The van der Waals surface area contributed by atoms with E-state index in [1.165, 1.54) is 0 Å². The number of para-hydroxylation sites is 2. The van der Waals surface area contributed by atoms with E-state index in [4.69, 9.17) is 5.63 Å². The Hall–Kier alpha value is -4.34. The summed E-state index contributed by atoms with van der Waals surface area (Å²) >= 11 is -4.48. The van der Waals surface area contributed by atoms with Crippen molar-refractivity contribution < 1.29 is 36.4 Å². The predicted octanol–water partition coefficient (Wildman–Crippen LogP) is 8.42. The molecule has 5 heteroatoms. The van der Waals surface area contributed by atoms with E-state index in [0.717, 1.165) is 0 Å². The van der Waals surface area contributed by atoms with Gasteiger partial charge >= 0.3 is 247 Å². The van der Waals surface area contributed by atoms with Crippen LogP contribution in [0.25, 0.3) is 0 Å². The van der Waals surface area contributed by atoms with Gasteiger partial charge in [-0.25, -0.2) is 0 Å². The Morgan fingerprint density at radius 2 is 0.805 bits per heavy atom.